The van der Waals surface area contributed by atoms with Crippen LogP contribution in [0.15, 0.2) is 0 Å². The molecule has 2 rings (SSSR count). The van der Waals surface area contributed by atoms with E-state index < -0.39 is 0 Å². The topological polar surface area (TPSA) is 44.5 Å². The van der Waals surface area contributed by atoms with Crippen molar-refractivity contribution in [2.45, 2.75) is 44.9 Å². The highest BCUT2D eigenvalue weighted by Gasteiger charge is 2.35. The average molecular weight is 199 g/mol. The minimum Gasteiger partial charge on any atom is -0.352 e. The molecule has 1 saturated heterocycles. The minimum atomic E-state index is -0.00194. The molecule has 1 aliphatic heterocycles. The van der Waals surface area contributed by atoms with E-state index >= 15 is 0 Å². The standard InChI is InChI=1S/C11H21NO2/c1-8(9-4-2-5-10(9)12)11-13-6-3-7-14-11/h8-11H,2-7,12H2,1H3/t8-,9-,10-/m0/s1. The summed E-state index contributed by atoms with van der Waals surface area (Å²) in [5, 5.41) is 0. The molecule has 1 heterocycles. The molecule has 0 bridgehead atoms. The van der Waals surface area contributed by atoms with Crippen molar-refractivity contribution < 1.29 is 9.47 Å². The highest BCUT2D eigenvalue weighted by Crippen LogP contribution is 2.34. The Morgan fingerprint density at radius 1 is 1.14 bits per heavy atom. The van der Waals surface area contributed by atoms with Crippen LogP contribution in [-0.4, -0.2) is 25.5 Å². The van der Waals surface area contributed by atoms with Crippen LogP contribution in [0.5, 0.6) is 0 Å². The lowest BCUT2D eigenvalue weighted by molar-refractivity contribution is -0.210. The van der Waals surface area contributed by atoms with Crippen LogP contribution in [0, 0.1) is 11.8 Å². The lowest BCUT2D eigenvalue weighted by atomic mass is 9.89. The zero-order valence-corrected chi connectivity index (χ0v) is 8.95. The molecule has 3 heteroatoms. The predicted molar refractivity (Wildman–Crippen MR) is 54.8 cm³/mol. The number of nitrogens with two attached hydrogens (primary N) is 1. The Kier molecular flexibility index (Phi) is 3.42. The third-order valence-corrected chi connectivity index (χ3v) is 3.58. The van der Waals surface area contributed by atoms with Gasteiger partial charge in [-0.2, -0.15) is 0 Å². The van der Waals surface area contributed by atoms with Gasteiger partial charge in [-0.05, 0) is 25.2 Å². The Labute approximate surface area is 85.9 Å². The molecule has 3 nitrogen and oxygen atoms in total. The van der Waals surface area contributed by atoms with Crippen molar-refractivity contribution in [2.75, 3.05) is 13.2 Å². The van der Waals surface area contributed by atoms with Crippen molar-refractivity contribution in [3.05, 3.63) is 0 Å². The molecule has 0 radical (unpaired) electrons. The fraction of sp³-hybridized carbons (Fsp3) is 1.00. The lowest BCUT2D eigenvalue weighted by Crippen LogP contribution is -2.39. The molecule has 2 aliphatic rings. The third kappa shape index (κ3) is 2.10. The quantitative estimate of drug-likeness (QED) is 0.733. The van der Waals surface area contributed by atoms with Gasteiger partial charge < -0.3 is 15.2 Å². The van der Waals surface area contributed by atoms with Crippen LogP contribution in [-0.2, 0) is 9.47 Å². The van der Waals surface area contributed by atoms with Gasteiger partial charge in [0.15, 0.2) is 6.29 Å². The van der Waals surface area contributed by atoms with Crippen molar-refractivity contribution >= 4 is 0 Å². The van der Waals surface area contributed by atoms with E-state index in [1.54, 1.807) is 0 Å². The van der Waals surface area contributed by atoms with Gasteiger partial charge in [0.2, 0.25) is 0 Å². The van der Waals surface area contributed by atoms with Crippen LogP contribution in [0.3, 0.4) is 0 Å². The normalized spacial score (nSPS) is 37.3. The van der Waals surface area contributed by atoms with Crippen molar-refractivity contribution in [1.29, 1.82) is 0 Å². The van der Waals surface area contributed by atoms with E-state index in [0.29, 0.717) is 17.9 Å². The first-order valence-corrected chi connectivity index (χ1v) is 5.78. The molecule has 2 fully saturated rings. The van der Waals surface area contributed by atoms with E-state index in [4.69, 9.17) is 15.2 Å². The Balaban J connectivity index is 1.89. The minimum absolute atomic E-state index is 0.00194. The second-order valence-corrected chi connectivity index (χ2v) is 4.58. The van der Waals surface area contributed by atoms with E-state index in [1.807, 2.05) is 0 Å². The summed E-state index contributed by atoms with van der Waals surface area (Å²) in [6, 6.07) is 0.360. The van der Waals surface area contributed by atoms with Gasteiger partial charge in [-0.3, -0.25) is 0 Å². The van der Waals surface area contributed by atoms with Gasteiger partial charge in [-0.1, -0.05) is 13.3 Å². The predicted octanol–water partition coefficient (Wildman–Crippen LogP) is 1.51. The summed E-state index contributed by atoms with van der Waals surface area (Å²) in [4.78, 5) is 0. The summed E-state index contributed by atoms with van der Waals surface area (Å²) >= 11 is 0. The second-order valence-electron chi connectivity index (χ2n) is 4.58. The van der Waals surface area contributed by atoms with Gasteiger partial charge >= 0.3 is 0 Å². The summed E-state index contributed by atoms with van der Waals surface area (Å²) in [6.07, 6.45) is 4.70. The first kappa shape index (κ1) is 10.4. The molecule has 1 saturated carbocycles. The highest BCUT2D eigenvalue weighted by atomic mass is 16.7. The van der Waals surface area contributed by atoms with Crippen LogP contribution in [0.1, 0.15) is 32.6 Å². The number of rotatable bonds is 2. The monoisotopic (exact) mass is 199 g/mol. The molecule has 0 aromatic rings. The lowest BCUT2D eigenvalue weighted by Gasteiger charge is -2.33. The van der Waals surface area contributed by atoms with Crippen LogP contribution in [0.4, 0.5) is 0 Å². The molecule has 0 amide bonds. The van der Waals surface area contributed by atoms with Crippen molar-refractivity contribution in [3.63, 3.8) is 0 Å². The summed E-state index contributed by atoms with van der Waals surface area (Å²) < 4.78 is 11.2. The zero-order valence-electron chi connectivity index (χ0n) is 8.95. The fourth-order valence-corrected chi connectivity index (χ4v) is 2.68. The van der Waals surface area contributed by atoms with Crippen LogP contribution in [0.2, 0.25) is 0 Å². The van der Waals surface area contributed by atoms with Gasteiger partial charge in [0.05, 0.1) is 13.2 Å². The Bertz CT molecular complexity index is 180. The molecule has 1 aliphatic carbocycles. The van der Waals surface area contributed by atoms with E-state index in [-0.39, 0.29) is 6.29 Å². The molecular formula is C11H21NO2. The molecule has 0 unspecified atom stereocenters. The van der Waals surface area contributed by atoms with Gasteiger partial charge in [-0.15, -0.1) is 0 Å². The SMILES string of the molecule is C[C@H](C1OCCCO1)[C@@H]1CCC[C@@H]1N. The Morgan fingerprint density at radius 3 is 2.43 bits per heavy atom. The van der Waals surface area contributed by atoms with Crippen molar-refractivity contribution in [2.24, 2.45) is 17.6 Å². The summed E-state index contributed by atoms with van der Waals surface area (Å²) in [5.41, 5.74) is 6.08. The van der Waals surface area contributed by atoms with Gasteiger partial charge in [0.1, 0.15) is 0 Å². The molecule has 82 valence electrons. The molecular weight excluding hydrogens is 178 g/mol. The molecule has 14 heavy (non-hydrogen) atoms. The van der Waals surface area contributed by atoms with E-state index in [0.717, 1.165) is 19.6 Å². The maximum Gasteiger partial charge on any atom is 0.160 e. The maximum absolute atomic E-state index is 6.08. The van der Waals surface area contributed by atoms with Gasteiger partial charge in [-0.25, -0.2) is 0 Å². The first-order chi connectivity index (χ1) is 6.79. The first-order valence-electron chi connectivity index (χ1n) is 5.78. The van der Waals surface area contributed by atoms with Gasteiger partial charge in [0, 0.05) is 12.0 Å². The molecule has 3 atom stereocenters. The summed E-state index contributed by atoms with van der Waals surface area (Å²) in [7, 11) is 0. The second kappa shape index (κ2) is 4.60. The highest BCUT2D eigenvalue weighted by molar-refractivity contribution is 4.85. The van der Waals surface area contributed by atoms with E-state index in [9.17, 15) is 0 Å². The van der Waals surface area contributed by atoms with Crippen LogP contribution >= 0.6 is 0 Å². The van der Waals surface area contributed by atoms with Crippen LogP contribution < -0.4 is 5.73 Å². The maximum atomic E-state index is 6.08. The largest absolute Gasteiger partial charge is 0.352 e. The van der Waals surface area contributed by atoms with E-state index in [2.05, 4.69) is 6.92 Å². The Hall–Kier alpha value is -0.120. The number of ether oxygens (including phenoxy) is 2. The van der Waals surface area contributed by atoms with E-state index in [1.165, 1.54) is 19.3 Å². The zero-order chi connectivity index (χ0) is 9.97. The summed E-state index contributed by atoms with van der Waals surface area (Å²) in [6.45, 7) is 3.90. The van der Waals surface area contributed by atoms with Crippen molar-refractivity contribution in [1.82, 2.24) is 0 Å². The Morgan fingerprint density at radius 2 is 1.86 bits per heavy atom. The summed E-state index contributed by atoms with van der Waals surface area (Å²) in [5.74, 6) is 1.05. The molecule has 2 N–H and O–H groups in total. The van der Waals surface area contributed by atoms with Crippen molar-refractivity contribution in [3.8, 4) is 0 Å². The third-order valence-electron chi connectivity index (χ3n) is 3.58. The molecule has 0 aromatic heterocycles. The fourth-order valence-electron chi connectivity index (χ4n) is 2.68. The number of hydrogen-bond acceptors (Lipinski definition) is 3. The van der Waals surface area contributed by atoms with Crippen LogP contribution in [0.25, 0.3) is 0 Å². The average Bonchev–Trinajstić information content (AvgIpc) is 2.65. The molecule has 0 spiro atoms. The van der Waals surface area contributed by atoms with Gasteiger partial charge in [0.25, 0.3) is 0 Å². The smallest absolute Gasteiger partial charge is 0.160 e. The number of hydrogen-bond donors (Lipinski definition) is 1. The molecule has 0 aromatic carbocycles.